The summed E-state index contributed by atoms with van der Waals surface area (Å²) in [7, 11) is 0. The Morgan fingerprint density at radius 1 is 0.850 bits per heavy atom. The second kappa shape index (κ2) is 4.69. The van der Waals surface area contributed by atoms with Crippen LogP contribution in [0.15, 0.2) is 0 Å². The summed E-state index contributed by atoms with van der Waals surface area (Å²) in [6.07, 6.45) is -12.1. The van der Waals surface area contributed by atoms with E-state index in [9.17, 15) is 44.3 Å². The van der Waals surface area contributed by atoms with Crippen molar-refractivity contribution in [3.05, 3.63) is 0 Å². The molecule has 20 heavy (non-hydrogen) atoms. The van der Waals surface area contributed by atoms with Crippen molar-refractivity contribution in [2.75, 3.05) is 0 Å². The van der Waals surface area contributed by atoms with Gasteiger partial charge in [-0.1, -0.05) is 0 Å². The Bertz CT molecular complexity index is 407. The van der Waals surface area contributed by atoms with Gasteiger partial charge in [0.05, 0.1) is 0 Å². The third-order valence-corrected chi connectivity index (χ3v) is 3.10. The largest absolute Gasteiger partial charge is 0.510 e. The van der Waals surface area contributed by atoms with Crippen LogP contribution in [-0.4, -0.2) is 40.3 Å². The zero-order chi connectivity index (χ0) is 16.1. The predicted molar refractivity (Wildman–Crippen MR) is 50.1 cm³/mol. The molecule has 2 atom stereocenters. The average molecular weight is 432 g/mol. The van der Waals surface area contributed by atoms with E-state index in [1.807, 2.05) is 0 Å². The molecule has 0 bridgehead atoms. The van der Waals surface area contributed by atoms with E-state index in [2.05, 4.69) is 9.47 Å². The average Bonchev–Trinajstić information content (AvgIpc) is 2.56. The van der Waals surface area contributed by atoms with Gasteiger partial charge < -0.3 is 9.47 Å². The van der Waals surface area contributed by atoms with Gasteiger partial charge in [0.15, 0.2) is 4.11 Å². The van der Waals surface area contributed by atoms with E-state index in [1.165, 1.54) is 0 Å². The molecule has 0 aromatic carbocycles. The molecule has 1 aliphatic rings. The van der Waals surface area contributed by atoms with Gasteiger partial charge in [-0.05, 0) is 22.6 Å². The number of hydrogen-bond donors (Lipinski definition) is 0. The number of halogens is 10. The number of rotatable bonds is 3. The number of cyclic esters (lactones) is 2. The summed E-state index contributed by atoms with van der Waals surface area (Å²) in [5.74, 6) is -19.9. The molecule has 1 fully saturated rings. The molecule has 0 aromatic heterocycles. The first kappa shape index (κ1) is 17.4. The van der Waals surface area contributed by atoms with Crippen LogP contribution in [0.2, 0.25) is 0 Å². The van der Waals surface area contributed by atoms with E-state index in [4.69, 9.17) is 0 Å². The standard InChI is InChI=1S/C7H2F9IO3/c8-4(9,1-2(17)20-3(18)19-1)5(10,11)6(12,13)7(14,15)16/h1-2H. The molecule has 0 saturated carbocycles. The van der Waals surface area contributed by atoms with Crippen LogP contribution in [0.4, 0.5) is 44.3 Å². The number of carbonyl (C=O) groups excluding carboxylic acids is 1. The maximum atomic E-state index is 13.3. The Kier molecular flexibility index (Phi) is 4.09. The maximum Gasteiger partial charge on any atom is 0.510 e. The fourth-order valence-corrected chi connectivity index (χ4v) is 1.95. The quantitative estimate of drug-likeness (QED) is 0.295. The third kappa shape index (κ3) is 2.36. The number of alkyl halides is 10. The van der Waals surface area contributed by atoms with E-state index in [1.54, 1.807) is 0 Å². The molecule has 0 aliphatic carbocycles. The Balaban J connectivity index is 3.22. The SMILES string of the molecule is O=C1OC(I)C(C(F)(F)C(F)(F)C(F)(F)C(F)(F)F)O1. The number of hydrogen-bond acceptors (Lipinski definition) is 3. The van der Waals surface area contributed by atoms with Crippen LogP contribution in [0, 0.1) is 0 Å². The first-order chi connectivity index (χ1) is 8.66. The normalized spacial score (nSPS) is 25.4. The fourth-order valence-electron chi connectivity index (χ4n) is 1.14. The molecule has 3 nitrogen and oxygen atoms in total. The molecule has 1 heterocycles. The minimum atomic E-state index is -7.03. The van der Waals surface area contributed by atoms with Crippen LogP contribution in [0.25, 0.3) is 0 Å². The van der Waals surface area contributed by atoms with Crippen LogP contribution in [0.3, 0.4) is 0 Å². The number of carbonyl (C=O) groups is 1. The lowest BCUT2D eigenvalue weighted by molar-refractivity contribution is -0.404. The zero-order valence-corrected chi connectivity index (χ0v) is 10.8. The summed E-state index contributed by atoms with van der Waals surface area (Å²) < 4.78 is 118. The van der Waals surface area contributed by atoms with E-state index in [0.717, 1.165) is 22.6 Å². The second-order valence-corrected chi connectivity index (χ2v) is 4.75. The molecule has 0 spiro atoms. The molecule has 0 N–H and O–H groups in total. The molecular formula is C7H2F9IO3. The first-order valence-corrected chi connectivity index (χ1v) is 5.62. The highest BCUT2D eigenvalue weighted by Crippen LogP contribution is 2.55. The van der Waals surface area contributed by atoms with Gasteiger partial charge in [0.25, 0.3) is 0 Å². The van der Waals surface area contributed by atoms with Crippen molar-refractivity contribution in [3.8, 4) is 0 Å². The summed E-state index contributed by atoms with van der Waals surface area (Å²) in [6.45, 7) is 0. The molecule has 0 radical (unpaired) electrons. The minimum Gasteiger partial charge on any atom is -0.419 e. The van der Waals surface area contributed by atoms with Crippen molar-refractivity contribution >= 4 is 28.7 Å². The lowest BCUT2D eigenvalue weighted by atomic mass is 9.99. The van der Waals surface area contributed by atoms with Crippen molar-refractivity contribution in [3.63, 3.8) is 0 Å². The Labute approximate surface area is 117 Å². The van der Waals surface area contributed by atoms with Gasteiger partial charge in [0.2, 0.25) is 6.10 Å². The summed E-state index contributed by atoms with van der Waals surface area (Å²) in [4.78, 5) is 10.4. The van der Waals surface area contributed by atoms with Gasteiger partial charge in [0, 0.05) is 0 Å². The molecule has 118 valence electrons. The van der Waals surface area contributed by atoms with Crippen LogP contribution in [0.5, 0.6) is 0 Å². The summed E-state index contributed by atoms with van der Waals surface area (Å²) in [5, 5.41) is 0. The van der Waals surface area contributed by atoms with Crippen molar-refractivity contribution in [2.24, 2.45) is 0 Å². The van der Waals surface area contributed by atoms with Crippen LogP contribution < -0.4 is 0 Å². The highest BCUT2D eigenvalue weighted by atomic mass is 127. The molecule has 2 unspecified atom stereocenters. The molecule has 0 aromatic rings. The van der Waals surface area contributed by atoms with Crippen molar-refractivity contribution < 1.29 is 53.8 Å². The predicted octanol–water partition coefficient (Wildman–Crippen LogP) is 3.75. The van der Waals surface area contributed by atoms with Gasteiger partial charge in [-0.2, -0.15) is 39.5 Å². The Hall–Kier alpha value is -0.630. The minimum absolute atomic E-state index is 0.816. The van der Waals surface area contributed by atoms with E-state index >= 15 is 0 Å². The Morgan fingerprint density at radius 3 is 1.60 bits per heavy atom. The lowest BCUT2D eigenvalue weighted by Gasteiger charge is -2.35. The summed E-state index contributed by atoms with van der Waals surface area (Å²) in [5.41, 5.74) is 0. The van der Waals surface area contributed by atoms with Crippen molar-refractivity contribution in [1.82, 2.24) is 0 Å². The third-order valence-electron chi connectivity index (χ3n) is 2.20. The van der Waals surface area contributed by atoms with E-state index < -0.39 is 40.3 Å². The molecule has 0 amide bonds. The summed E-state index contributed by atoms with van der Waals surface area (Å²) >= 11 is 0.816. The van der Waals surface area contributed by atoms with Crippen LogP contribution in [-0.2, 0) is 9.47 Å². The first-order valence-electron chi connectivity index (χ1n) is 4.37. The smallest absolute Gasteiger partial charge is 0.419 e. The van der Waals surface area contributed by atoms with E-state index in [-0.39, 0.29) is 0 Å². The second-order valence-electron chi connectivity index (χ2n) is 3.53. The monoisotopic (exact) mass is 432 g/mol. The fraction of sp³-hybridized carbons (Fsp3) is 0.857. The maximum absolute atomic E-state index is 13.3. The topological polar surface area (TPSA) is 35.5 Å². The highest BCUT2D eigenvalue weighted by Gasteiger charge is 2.84. The van der Waals surface area contributed by atoms with Gasteiger partial charge in [-0.15, -0.1) is 0 Å². The molecule has 1 rings (SSSR count). The molecule has 1 saturated heterocycles. The van der Waals surface area contributed by atoms with Crippen molar-refractivity contribution in [1.29, 1.82) is 0 Å². The van der Waals surface area contributed by atoms with Crippen LogP contribution >= 0.6 is 22.6 Å². The van der Waals surface area contributed by atoms with Gasteiger partial charge >= 0.3 is 30.1 Å². The molecule has 1 aliphatic heterocycles. The highest BCUT2D eigenvalue weighted by molar-refractivity contribution is 14.1. The summed E-state index contributed by atoms with van der Waals surface area (Å²) in [6, 6.07) is 0. The molecule has 13 heteroatoms. The van der Waals surface area contributed by atoms with Crippen molar-refractivity contribution in [2.45, 2.75) is 34.2 Å². The van der Waals surface area contributed by atoms with Gasteiger partial charge in [-0.3, -0.25) is 0 Å². The van der Waals surface area contributed by atoms with E-state index in [0.29, 0.717) is 0 Å². The zero-order valence-electron chi connectivity index (χ0n) is 8.66. The van der Waals surface area contributed by atoms with Gasteiger partial charge in [0.1, 0.15) is 0 Å². The van der Waals surface area contributed by atoms with Gasteiger partial charge in [-0.25, -0.2) is 4.79 Å². The Morgan fingerprint density at radius 2 is 1.30 bits per heavy atom. The lowest BCUT2D eigenvalue weighted by Crippen LogP contribution is -2.65. The number of ether oxygens (including phenoxy) is 2. The molecular weight excluding hydrogens is 430 g/mol. The van der Waals surface area contributed by atoms with Crippen LogP contribution in [0.1, 0.15) is 0 Å².